The zero-order valence-corrected chi connectivity index (χ0v) is 8.78. The van der Waals surface area contributed by atoms with Crippen molar-refractivity contribution < 1.29 is 4.79 Å². The van der Waals surface area contributed by atoms with E-state index in [0.29, 0.717) is 12.8 Å². The topological polar surface area (TPSA) is 43.1 Å². The van der Waals surface area contributed by atoms with Crippen LogP contribution in [0.3, 0.4) is 0 Å². The van der Waals surface area contributed by atoms with E-state index in [4.69, 9.17) is 5.73 Å². The number of benzene rings is 1. The molecule has 0 heterocycles. The van der Waals surface area contributed by atoms with Crippen molar-refractivity contribution in [3.05, 3.63) is 29.8 Å². The second-order valence-corrected chi connectivity index (χ2v) is 3.91. The summed E-state index contributed by atoms with van der Waals surface area (Å²) in [4.78, 5) is 11.6. The van der Waals surface area contributed by atoms with Crippen LogP contribution in [0.2, 0.25) is 0 Å². The summed E-state index contributed by atoms with van der Waals surface area (Å²) in [6, 6.07) is 7.93. The van der Waals surface area contributed by atoms with E-state index in [1.54, 1.807) is 0 Å². The van der Waals surface area contributed by atoms with Crippen LogP contribution < -0.4 is 5.73 Å². The van der Waals surface area contributed by atoms with Gasteiger partial charge in [0.25, 0.3) is 0 Å². The molecule has 0 radical (unpaired) electrons. The molecule has 0 aliphatic rings. The molecule has 0 aromatic heterocycles. The Labute approximate surface area is 86.7 Å². The first kappa shape index (κ1) is 10.5. The van der Waals surface area contributed by atoms with Crippen LogP contribution in [0, 0.1) is 0 Å². The number of amides is 1. The molecule has 0 atom stereocenters. The van der Waals surface area contributed by atoms with Gasteiger partial charge in [0, 0.05) is 11.3 Å². The maximum atomic E-state index is 10.5. The minimum atomic E-state index is -0.260. The Morgan fingerprint density at radius 2 is 2.31 bits per heavy atom. The highest BCUT2D eigenvalue weighted by Crippen LogP contribution is 2.22. The third kappa shape index (κ3) is 3.74. The molecule has 2 nitrogen and oxygen atoms in total. The van der Waals surface area contributed by atoms with Gasteiger partial charge in [0.1, 0.15) is 0 Å². The molecule has 0 bridgehead atoms. The van der Waals surface area contributed by atoms with E-state index in [0.717, 1.165) is 10.5 Å². The van der Waals surface area contributed by atoms with Gasteiger partial charge in [0.2, 0.25) is 5.91 Å². The molecule has 0 aliphatic carbocycles. The van der Waals surface area contributed by atoms with Crippen molar-refractivity contribution in [3.8, 4) is 0 Å². The van der Waals surface area contributed by atoms with Crippen molar-refractivity contribution >= 4 is 28.4 Å². The van der Waals surface area contributed by atoms with E-state index in [1.165, 1.54) is 10.8 Å². The fraction of sp³-hybridized carbons (Fsp3) is 0.222. The standard InChI is InChI=1S/C9H11NOS2/c10-9(11)5-4-7-2-1-3-8(6-7)13-12/h1-3,6,12H,4-5H2,(H2,10,11). The van der Waals surface area contributed by atoms with Crippen LogP contribution in [0.1, 0.15) is 12.0 Å². The Kier molecular flexibility index (Phi) is 4.18. The monoisotopic (exact) mass is 213 g/mol. The van der Waals surface area contributed by atoms with Crippen molar-refractivity contribution in [1.29, 1.82) is 0 Å². The Balaban J connectivity index is 2.61. The second-order valence-electron chi connectivity index (χ2n) is 2.71. The lowest BCUT2D eigenvalue weighted by Crippen LogP contribution is -2.11. The van der Waals surface area contributed by atoms with Crippen LogP contribution in [0.5, 0.6) is 0 Å². The molecule has 1 amide bonds. The molecule has 0 fully saturated rings. The summed E-state index contributed by atoms with van der Waals surface area (Å²) in [5.74, 6) is -0.260. The highest BCUT2D eigenvalue weighted by molar-refractivity contribution is 8.68. The zero-order valence-electron chi connectivity index (χ0n) is 7.06. The van der Waals surface area contributed by atoms with Crippen molar-refractivity contribution in [2.24, 2.45) is 5.73 Å². The number of hydrogen-bond donors (Lipinski definition) is 2. The maximum absolute atomic E-state index is 10.5. The van der Waals surface area contributed by atoms with E-state index >= 15 is 0 Å². The van der Waals surface area contributed by atoms with Gasteiger partial charge < -0.3 is 5.73 Å². The number of thiol groups is 1. The van der Waals surface area contributed by atoms with E-state index in [-0.39, 0.29) is 5.91 Å². The lowest BCUT2D eigenvalue weighted by Gasteiger charge is -2.00. The molecule has 1 aromatic rings. The SMILES string of the molecule is NC(=O)CCc1cccc(SS)c1. The van der Waals surface area contributed by atoms with Crippen molar-refractivity contribution in [3.63, 3.8) is 0 Å². The number of aryl methyl sites for hydroxylation is 1. The van der Waals surface area contributed by atoms with Gasteiger partial charge in [-0.1, -0.05) is 22.9 Å². The largest absolute Gasteiger partial charge is 0.370 e. The number of carbonyl (C=O) groups excluding carboxylic acids is 1. The Morgan fingerprint density at radius 3 is 2.92 bits per heavy atom. The summed E-state index contributed by atoms with van der Waals surface area (Å²) in [6.07, 6.45) is 1.11. The van der Waals surface area contributed by atoms with Gasteiger partial charge in [-0.25, -0.2) is 0 Å². The summed E-state index contributed by atoms with van der Waals surface area (Å²) in [6.45, 7) is 0. The molecule has 1 rings (SSSR count). The van der Waals surface area contributed by atoms with Crippen LogP contribution in [0.25, 0.3) is 0 Å². The van der Waals surface area contributed by atoms with E-state index in [1.807, 2.05) is 24.3 Å². The molecule has 0 unspecified atom stereocenters. The van der Waals surface area contributed by atoms with Gasteiger partial charge in [0.05, 0.1) is 0 Å². The molecule has 0 spiro atoms. The molecule has 13 heavy (non-hydrogen) atoms. The maximum Gasteiger partial charge on any atom is 0.217 e. The van der Waals surface area contributed by atoms with Gasteiger partial charge in [-0.2, -0.15) is 0 Å². The number of hydrogen-bond acceptors (Lipinski definition) is 3. The molecule has 2 N–H and O–H groups in total. The van der Waals surface area contributed by atoms with E-state index in [2.05, 4.69) is 11.7 Å². The summed E-state index contributed by atoms with van der Waals surface area (Å²) >= 11 is 4.09. The molecular formula is C9H11NOS2. The van der Waals surface area contributed by atoms with Crippen molar-refractivity contribution in [2.45, 2.75) is 17.7 Å². The van der Waals surface area contributed by atoms with Crippen LogP contribution in [0.15, 0.2) is 29.2 Å². The first-order chi connectivity index (χ1) is 6.22. The Morgan fingerprint density at radius 1 is 1.54 bits per heavy atom. The summed E-state index contributed by atoms with van der Waals surface area (Å²) in [5, 5.41) is 0. The zero-order chi connectivity index (χ0) is 9.68. The second kappa shape index (κ2) is 5.19. The smallest absolute Gasteiger partial charge is 0.217 e. The molecule has 0 saturated carbocycles. The molecule has 0 aliphatic heterocycles. The fourth-order valence-corrected chi connectivity index (χ4v) is 1.71. The predicted molar refractivity (Wildman–Crippen MR) is 58.8 cm³/mol. The lowest BCUT2D eigenvalue weighted by atomic mass is 10.1. The van der Waals surface area contributed by atoms with Gasteiger partial charge in [0.15, 0.2) is 0 Å². The van der Waals surface area contributed by atoms with Crippen LogP contribution >= 0.6 is 22.5 Å². The van der Waals surface area contributed by atoms with E-state index < -0.39 is 0 Å². The minimum Gasteiger partial charge on any atom is -0.370 e. The first-order valence-electron chi connectivity index (χ1n) is 3.91. The first-order valence-corrected chi connectivity index (χ1v) is 5.78. The summed E-state index contributed by atoms with van der Waals surface area (Å²) < 4.78 is 0. The fourth-order valence-electron chi connectivity index (χ4n) is 1.03. The van der Waals surface area contributed by atoms with Crippen LogP contribution in [0.4, 0.5) is 0 Å². The van der Waals surface area contributed by atoms with Gasteiger partial charge >= 0.3 is 0 Å². The quantitative estimate of drug-likeness (QED) is 0.594. The predicted octanol–water partition coefficient (Wildman–Crippen LogP) is 2.04. The molecule has 4 heteroatoms. The normalized spacial score (nSPS) is 9.92. The molecule has 0 saturated heterocycles. The van der Waals surface area contributed by atoms with Gasteiger partial charge in [-0.3, -0.25) is 4.79 Å². The summed E-state index contributed by atoms with van der Waals surface area (Å²) in [5.41, 5.74) is 6.17. The molecule has 1 aromatic carbocycles. The lowest BCUT2D eigenvalue weighted by molar-refractivity contribution is -0.117. The van der Waals surface area contributed by atoms with Crippen LogP contribution in [-0.2, 0) is 11.2 Å². The third-order valence-corrected chi connectivity index (χ3v) is 2.76. The van der Waals surface area contributed by atoms with Gasteiger partial charge in [-0.05, 0) is 24.1 Å². The average molecular weight is 213 g/mol. The van der Waals surface area contributed by atoms with Crippen molar-refractivity contribution in [2.75, 3.05) is 0 Å². The van der Waals surface area contributed by atoms with Crippen LogP contribution in [-0.4, -0.2) is 5.91 Å². The Hall–Kier alpha value is -0.610. The number of carbonyl (C=O) groups is 1. The number of rotatable bonds is 4. The van der Waals surface area contributed by atoms with E-state index in [9.17, 15) is 4.79 Å². The highest BCUT2D eigenvalue weighted by Gasteiger charge is 1.98. The minimum absolute atomic E-state index is 0.260. The number of primary amides is 1. The number of nitrogens with two attached hydrogens (primary N) is 1. The Bertz CT molecular complexity index is 301. The summed E-state index contributed by atoms with van der Waals surface area (Å²) in [7, 11) is 1.40. The van der Waals surface area contributed by atoms with Gasteiger partial charge in [-0.15, -0.1) is 11.7 Å². The molecular weight excluding hydrogens is 202 g/mol. The third-order valence-electron chi connectivity index (χ3n) is 1.66. The average Bonchev–Trinajstić information content (AvgIpc) is 2.15. The van der Waals surface area contributed by atoms with Crippen molar-refractivity contribution in [1.82, 2.24) is 0 Å². The highest BCUT2D eigenvalue weighted by atomic mass is 33.1. The molecule has 70 valence electrons.